The molecule has 2 aromatic heterocycles. The molecule has 0 aromatic carbocycles. The average molecular weight is 259 g/mol. The van der Waals surface area contributed by atoms with Gasteiger partial charge in [0.05, 0.1) is 0 Å². The molecule has 1 saturated heterocycles. The summed E-state index contributed by atoms with van der Waals surface area (Å²) in [6.45, 7) is 6.12. The van der Waals surface area contributed by atoms with Crippen molar-refractivity contribution in [1.29, 1.82) is 0 Å². The first-order chi connectivity index (χ1) is 9.08. The van der Waals surface area contributed by atoms with Crippen molar-refractivity contribution in [2.24, 2.45) is 11.8 Å². The molecule has 0 bridgehead atoms. The number of carbonyl (C=O) groups is 1. The number of carboxylic acids is 1. The average Bonchev–Trinajstić information content (AvgIpc) is 2.90. The molecule has 100 valence electrons. The largest absolute Gasteiger partial charge is 0.476 e. The molecular weight excluding hydrogens is 242 g/mol. The molecule has 2 aromatic rings. The number of aromatic carboxylic acids is 1. The Labute approximate surface area is 111 Å². The van der Waals surface area contributed by atoms with Crippen molar-refractivity contribution < 1.29 is 9.90 Å². The molecule has 5 nitrogen and oxygen atoms in total. The third-order valence-electron chi connectivity index (χ3n) is 4.00. The first-order valence-electron chi connectivity index (χ1n) is 6.53. The molecule has 1 aliphatic rings. The lowest BCUT2D eigenvalue weighted by molar-refractivity contribution is 0.0690. The molecule has 0 amide bonds. The highest BCUT2D eigenvalue weighted by atomic mass is 16.4. The fraction of sp³-hybridized carbons (Fsp3) is 0.429. The van der Waals surface area contributed by atoms with Crippen LogP contribution in [0, 0.1) is 11.8 Å². The van der Waals surface area contributed by atoms with Crippen molar-refractivity contribution in [2.75, 3.05) is 18.0 Å². The maximum Gasteiger partial charge on any atom is 0.356 e. The Bertz CT molecular complexity index is 625. The summed E-state index contributed by atoms with van der Waals surface area (Å²) >= 11 is 0. The van der Waals surface area contributed by atoms with Crippen LogP contribution in [-0.4, -0.2) is 33.6 Å². The summed E-state index contributed by atoms with van der Waals surface area (Å²) in [5, 5.41) is 9.46. The standard InChI is InChI=1S/C14H17N3O2/c1-9-7-16(8-10(9)2)13-12(14(18)19)17-6-4-3-5-11(17)15-13/h3-6,9-10H,7-8H2,1-2H3,(H,18,19). The van der Waals surface area contributed by atoms with Crippen LogP contribution in [0.4, 0.5) is 5.82 Å². The monoisotopic (exact) mass is 259 g/mol. The zero-order valence-electron chi connectivity index (χ0n) is 11.1. The van der Waals surface area contributed by atoms with Crippen molar-refractivity contribution in [3.05, 3.63) is 30.1 Å². The molecular formula is C14H17N3O2. The van der Waals surface area contributed by atoms with E-state index in [2.05, 4.69) is 23.7 Å². The van der Waals surface area contributed by atoms with Crippen LogP contribution in [0.25, 0.3) is 5.65 Å². The lowest BCUT2D eigenvalue weighted by Gasteiger charge is -2.15. The summed E-state index contributed by atoms with van der Waals surface area (Å²) in [7, 11) is 0. The molecule has 1 fully saturated rings. The fourth-order valence-corrected chi connectivity index (χ4v) is 2.71. The molecule has 1 aliphatic heterocycles. The summed E-state index contributed by atoms with van der Waals surface area (Å²) in [6.07, 6.45) is 1.75. The van der Waals surface area contributed by atoms with E-state index >= 15 is 0 Å². The van der Waals surface area contributed by atoms with Gasteiger partial charge in [-0.1, -0.05) is 19.9 Å². The molecule has 2 atom stereocenters. The van der Waals surface area contributed by atoms with E-state index in [0.29, 0.717) is 23.3 Å². The molecule has 3 heterocycles. The number of aromatic nitrogens is 2. The fourth-order valence-electron chi connectivity index (χ4n) is 2.71. The van der Waals surface area contributed by atoms with Gasteiger partial charge in [0.2, 0.25) is 0 Å². The number of hydrogen-bond acceptors (Lipinski definition) is 3. The third kappa shape index (κ3) is 1.85. The number of fused-ring (bicyclic) bond motifs is 1. The lowest BCUT2D eigenvalue weighted by atomic mass is 10.0. The Morgan fingerprint density at radius 2 is 2.00 bits per heavy atom. The van der Waals surface area contributed by atoms with E-state index in [9.17, 15) is 9.90 Å². The predicted molar refractivity (Wildman–Crippen MR) is 72.7 cm³/mol. The van der Waals surface area contributed by atoms with Crippen molar-refractivity contribution >= 4 is 17.4 Å². The quantitative estimate of drug-likeness (QED) is 0.897. The minimum absolute atomic E-state index is 0.261. The van der Waals surface area contributed by atoms with Gasteiger partial charge in [0, 0.05) is 19.3 Å². The maximum atomic E-state index is 11.5. The molecule has 2 unspecified atom stereocenters. The lowest BCUT2D eigenvalue weighted by Crippen LogP contribution is -2.22. The van der Waals surface area contributed by atoms with E-state index < -0.39 is 5.97 Å². The van der Waals surface area contributed by atoms with Gasteiger partial charge in [0.25, 0.3) is 0 Å². The Morgan fingerprint density at radius 1 is 1.32 bits per heavy atom. The molecule has 19 heavy (non-hydrogen) atoms. The molecule has 0 aliphatic carbocycles. The van der Waals surface area contributed by atoms with Gasteiger partial charge < -0.3 is 10.0 Å². The van der Waals surface area contributed by atoms with Crippen LogP contribution < -0.4 is 4.90 Å². The highest BCUT2D eigenvalue weighted by Crippen LogP contribution is 2.30. The summed E-state index contributed by atoms with van der Waals surface area (Å²) in [5.74, 6) is 0.786. The van der Waals surface area contributed by atoms with Gasteiger partial charge in [-0.3, -0.25) is 4.40 Å². The number of anilines is 1. The van der Waals surface area contributed by atoms with Gasteiger partial charge >= 0.3 is 5.97 Å². The maximum absolute atomic E-state index is 11.5. The number of rotatable bonds is 2. The first kappa shape index (κ1) is 12.0. The van der Waals surface area contributed by atoms with Crippen LogP contribution >= 0.6 is 0 Å². The number of nitrogens with zero attached hydrogens (tertiary/aromatic N) is 3. The van der Waals surface area contributed by atoms with Crippen molar-refractivity contribution in [2.45, 2.75) is 13.8 Å². The summed E-state index contributed by atoms with van der Waals surface area (Å²) in [4.78, 5) is 18.1. The zero-order chi connectivity index (χ0) is 13.6. The number of imidazole rings is 1. The van der Waals surface area contributed by atoms with Crippen molar-refractivity contribution in [3.63, 3.8) is 0 Å². The summed E-state index contributed by atoms with van der Waals surface area (Å²) in [6, 6.07) is 5.52. The second-order valence-electron chi connectivity index (χ2n) is 5.38. The van der Waals surface area contributed by atoms with Gasteiger partial charge in [-0.15, -0.1) is 0 Å². The minimum Gasteiger partial charge on any atom is -0.476 e. The zero-order valence-corrected chi connectivity index (χ0v) is 11.1. The van der Waals surface area contributed by atoms with Crippen LogP contribution in [0.1, 0.15) is 24.3 Å². The van der Waals surface area contributed by atoms with E-state index in [1.54, 1.807) is 10.6 Å². The number of hydrogen-bond donors (Lipinski definition) is 1. The molecule has 3 rings (SSSR count). The smallest absolute Gasteiger partial charge is 0.356 e. The van der Waals surface area contributed by atoms with E-state index in [-0.39, 0.29) is 5.69 Å². The van der Waals surface area contributed by atoms with Crippen molar-refractivity contribution in [1.82, 2.24) is 9.38 Å². The molecule has 0 radical (unpaired) electrons. The number of pyridine rings is 1. The van der Waals surface area contributed by atoms with E-state index in [1.807, 2.05) is 18.2 Å². The second-order valence-corrected chi connectivity index (χ2v) is 5.38. The van der Waals surface area contributed by atoms with Gasteiger partial charge in [0.1, 0.15) is 5.65 Å². The Balaban J connectivity index is 2.13. The van der Waals surface area contributed by atoms with E-state index in [1.165, 1.54) is 0 Å². The van der Waals surface area contributed by atoms with Crippen LogP contribution in [0.2, 0.25) is 0 Å². The van der Waals surface area contributed by atoms with Gasteiger partial charge in [-0.05, 0) is 24.0 Å². The molecule has 1 N–H and O–H groups in total. The Morgan fingerprint density at radius 3 is 2.63 bits per heavy atom. The molecule has 5 heteroatoms. The van der Waals surface area contributed by atoms with E-state index in [0.717, 1.165) is 13.1 Å². The summed E-state index contributed by atoms with van der Waals surface area (Å²) < 4.78 is 1.64. The Hall–Kier alpha value is -2.04. The van der Waals surface area contributed by atoms with Crippen LogP contribution in [0.15, 0.2) is 24.4 Å². The predicted octanol–water partition coefficient (Wildman–Crippen LogP) is 2.12. The molecule has 0 saturated carbocycles. The van der Waals surface area contributed by atoms with Gasteiger partial charge in [-0.25, -0.2) is 9.78 Å². The van der Waals surface area contributed by atoms with Crippen LogP contribution in [0.5, 0.6) is 0 Å². The minimum atomic E-state index is -0.930. The van der Waals surface area contributed by atoms with Crippen molar-refractivity contribution in [3.8, 4) is 0 Å². The Kier molecular flexibility index (Phi) is 2.69. The topological polar surface area (TPSA) is 57.8 Å². The third-order valence-corrected chi connectivity index (χ3v) is 4.00. The number of carboxylic acid groups (broad SMARTS) is 1. The van der Waals surface area contributed by atoms with Crippen LogP contribution in [0.3, 0.4) is 0 Å². The summed E-state index contributed by atoms with van der Waals surface area (Å²) in [5.41, 5.74) is 0.944. The van der Waals surface area contributed by atoms with Gasteiger partial charge in [0.15, 0.2) is 11.5 Å². The normalized spacial score (nSPS) is 23.2. The SMILES string of the molecule is CC1CN(c2nc3ccccn3c2C(=O)O)CC1C. The van der Waals surface area contributed by atoms with Gasteiger partial charge in [-0.2, -0.15) is 0 Å². The second kappa shape index (κ2) is 4.26. The van der Waals surface area contributed by atoms with E-state index in [4.69, 9.17) is 0 Å². The highest BCUT2D eigenvalue weighted by Gasteiger charge is 2.31. The highest BCUT2D eigenvalue weighted by molar-refractivity contribution is 5.93. The first-order valence-corrected chi connectivity index (χ1v) is 6.53. The van der Waals surface area contributed by atoms with Crippen LogP contribution in [-0.2, 0) is 0 Å². The molecule has 0 spiro atoms.